The highest BCUT2D eigenvalue weighted by Gasteiger charge is 2.20. The first-order valence-corrected chi connectivity index (χ1v) is 39.4. The number of imidazole rings is 2. The van der Waals surface area contributed by atoms with E-state index in [0.717, 1.165) is 72.5 Å². The highest BCUT2D eigenvalue weighted by Crippen LogP contribution is 2.40. The second-order valence-corrected chi connectivity index (χ2v) is 32.2. The Morgan fingerprint density at radius 2 is 0.436 bits per heavy atom. The molecule has 2 aromatic heterocycles. The van der Waals surface area contributed by atoms with Gasteiger partial charge in [-0.1, -0.05) is 329 Å². The standard InChI is InChI=1S/2C31H32.2C22H28N2/c2*1-21(2)30-19-29(20-31(22(3)4)23(30)5)28-17-15-27(16-18-28)26-13-11-25(12-14-26)24-9-7-6-8-10-24;2*1-13(2)19-10-18(11-20(14(3)4)15(19)5)17-8-9-22-21(12-17)23-16(6)24(22)7/h2*6-22H,1-5H3;2*8-14H,1-7H3/i21D,22D;;6D3,13D,14D;. The van der Waals surface area contributed by atoms with Crippen LogP contribution in [0.5, 0.6) is 0 Å². The van der Waals surface area contributed by atoms with Crippen molar-refractivity contribution in [2.75, 3.05) is 0 Å². The molecule has 2 heterocycles. The molecule has 564 valence electrons. The van der Waals surface area contributed by atoms with E-state index in [9.17, 15) is 0 Å². The summed E-state index contributed by atoms with van der Waals surface area (Å²) in [6.07, 6.45) is 0. The van der Waals surface area contributed by atoms with Crippen molar-refractivity contribution in [2.24, 2.45) is 14.1 Å². The van der Waals surface area contributed by atoms with Crippen LogP contribution in [0.3, 0.4) is 0 Å². The summed E-state index contributed by atoms with van der Waals surface area (Å²) in [7, 11) is 3.79. The summed E-state index contributed by atoms with van der Waals surface area (Å²) in [5.41, 5.74) is 37.1. The molecule has 0 saturated heterocycles. The molecule has 0 saturated carbocycles. The minimum absolute atomic E-state index is 0.0644. The summed E-state index contributed by atoms with van der Waals surface area (Å²) in [5.74, 6) is 0.187. The normalized spacial score (nSPS) is 13.0. The summed E-state index contributed by atoms with van der Waals surface area (Å²) in [6.45, 7) is 41.7. The predicted molar refractivity (Wildman–Crippen MR) is 479 cm³/mol. The van der Waals surface area contributed by atoms with Crippen molar-refractivity contribution in [3.8, 4) is 89.0 Å². The number of aryl methyl sites for hydroxylation is 4. The zero-order chi connectivity index (χ0) is 85.3. The van der Waals surface area contributed by atoms with E-state index in [2.05, 4.69) is 299 Å². The summed E-state index contributed by atoms with van der Waals surface area (Å²) in [6, 6.07) is 86.2. The molecule has 0 spiro atoms. The Morgan fingerprint density at radius 1 is 0.236 bits per heavy atom. The van der Waals surface area contributed by atoms with Crippen LogP contribution in [0.1, 0.15) is 246 Å². The first kappa shape index (κ1) is 71.2. The first-order valence-electron chi connectivity index (χ1n) is 42.9. The largest absolute Gasteiger partial charge is 0.331 e. The summed E-state index contributed by atoms with van der Waals surface area (Å²) < 4.78 is 61.2. The predicted octanol–water partition coefficient (Wildman–Crippen LogP) is 30.7. The Labute approximate surface area is 670 Å². The molecule has 0 aliphatic heterocycles. The van der Waals surface area contributed by atoms with E-state index < -0.39 is 30.4 Å². The number of aromatic nitrogens is 4. The van der Waals surface area contributed by atoms with Gasteiger partial charge in [-0.2, -0.15) is 0 Å². The van der Waals surface area contributed by atoms with Crippen LogP contribution in [-0.2, 0) is 14.1 Å². The molecule has 0 atom stereocenters. The molecule has 0 fully saturated rings. The van der Waals surface area contributed by atoms with Gasteiger partial charge in [0, 0.05) is 23.7 Å². The molecule has 0 bridgehead atoms. The lowest BCUT2D eigenvalue weighted by Crippen LogP contribution is -2.00. The van der Waals surface area contributed by atoms with Gasteiger partial charge in [-0.15, -0.1) is 0 Å². The third-order valence-electron chi connectivity index (χ3n) is 22.2. The van der Waals surface area contributed by atoms with E-state index in [-0.39, 0.29) is 5.82 Å². The number of nitrogens with zero attached hydrogens (tertiary/aromatic N) is 4. The molecule has 4 heteroatoms. The molecule has 14 rings (SSSR count). The van der Waals surface area contributed by atoms with Crippen molar-refractivity contribution in [3.05, 3.63) is 321 Å². The van der Waals surface area contributed by atoms with E-state index in [1.165, 1.54) is 106 Å². The van der Waals surface area contributed by atoms with E-state index in [1.807, 2.05) is 106 Å². The molecule has 4 nitrogen and oxygen atoms in total. The fourth-order valence-corrected chi connectivity index (χ4v) is 15.7. The molecule has 14 aromatic rings. The molecule has 0 aliphatic carbocycles. The van der Waals surface area contributed by atoms with Crippen LogP contribution in [-0.4, -0.2) is 19.1 Å². The van der Waals surface area contributed by atoms with E-state index >= 15 is 0 Å². The van der Waals surface area contributed by atoms with Gasteiger partial charge < -0.3 is 9.13 Å². The Bertz CT molecular complexity index is 5680. The summed E-state index contributed by atoms with van der Waals surface area (Å²) in [4.78, 5) is 9.05. The number of benzene rings is 12. The van der Waals surface area contributed by atoms with Gasteiger partial charge in [0.25, 0.3) is 0 Å². The van der Waals surface area contributed by atoms with E-state index in [0.29, 0.717) is 29.2 Å². The summed E-state index contributed by atoms with van der Waals surface area (Å²) in [5, 5.41) is 0. The summed E-state index contributed by atoms with van der Waals surface area (Å²) >= 11 is 0. The Morgan fingerprint density at radius 3 is 0.682 bits per heavy atom. The van der Waals surface area contributed by atoms with Gasteiger partial charge in [-0.25, -0.2) is 9.97 Å². The number of fused-ring (bicyclic) bond motifs is 2. The quantitative estimate of drug-likeness (QED) is 0.0966. The Balaban J connectivity index is 0.000000154. The highest BCUT2D eigenvalue weighted by molar-refractivity contribution is 5.85. The highest BCUT2D eigenvalue weighted by atomic mass is 15.1. The average molecular weight is 1460 g/mol. The maximum absolute atomic E-state index is 8.64. The SMILES string of the molecule is Cc1c(C(C)C)cc(-c2ccc(-c3ccc(-c4ccccc4)cc3)cc2)cc1C(C)C.Cc1c(C(C)C)cc(-c2ccc3c(c2)nc(C)n3C)cc1C(C)C.[2H]C(C)(C)c1cc(-c2ccc(-c3ccc(-c4ccccc4)cc3)cc2)cc(C([2H])(C)C)c1C.[2H]C([2H])([2H])c1nc2cc(-c3cc(C([2H])(C)C)c(C)c(C([2H])(C)C)c3)ccc2n1C. The van der Waals surface area contributed by atoms with Crippen molar-refractivity contribution in [2.45, 2.75) is 199 Å². The fraction of sp³-hybridized carbons (Fsp3) is 0.302. The maximum Gasteiger partial charge on any atom is 0.106 e. The lowest BCUT2D eigenvalue weighted by molar-refractivity contribution is 0.818. The van der Waals surface area contributed by atoms with E-state index in [1.54, 1.807) is 11.6 Å². The fourth-order valence-electron chi connectivity index (χ4n) is 15.7. The van der Waals surface area contributed by atoms with Crippen LogP contribution in [0.4, 0.5) is 0 Å². The van der Waals surface area contributed by atoms with Gasteiger partial charge >= 0.3 is 0 Å². The van der Waals surface area contributed by atoms with Gasteiger partial charge in [-0.3, -0.25) is 0 Å². The lowest BCUT2D eigenvalue weighted by atomic mass is 9.86. The van der Waals surface area contributed by atoms with E-state index in [4.69, 9.17) is 14.6 Å². The number of hydrogen-bond donors (Lipinski definition) is 0. The molecular formula is C106H120N4. The van der Waals surface area contributed by atoms with Gasteiger partial charge in [0.15, 0.2) is 0 Å². The second kappa shape index (κ2) is 35.1. The van der Waals surface area contributed by atoms with Crippen molar-refractivity contribution >= 4 is 22.1 Å². The lowest BCUT2D eigenvalue weighted by Gasteiger charge is -2.19. The van der Waals surface area contributed by atoms with Crippen LogP contribution in [0.15, 0.2) is 243 Å². The molecule has 0 amide bonds. The molecule has 0 N–H and O–H groups in total. The van der Waals surface area contributed by atoms with Crippen LogP contribution in [0, 0.1) is 41.5 Å². The monoisotopic (exact) mass is 1460 g/mol. The van der Waals surface area contributed by atoms with Crippen molar-refractivity contribution in [1.29, 1.82) is 0 Å². The van der Waals surface area contributed by atoms with Crippen molar-refractivity contribution in [3.63, 3.8) is 0 Å². The van der Waals surface area contributed by atoms with Gasteiger partial charge in [0.05, 0.1) is 22.1 Å². The molecular weight excluding hydrogens is 1330 g/mol. The van der Waals surface area contributed by atoms with Gasteiger partial charge in [-0.05, 0) is 269 Å². The molecule has 0 aliphatic rings. The molecule has 110 heavy (non-hydrogen) atoms. The zero-order valence-corrected chi connectivity index (χ0v) is 69.7. The Hall–Kier alpha value is -10.4. The maximum atomic E-state index is 8.64. The molecule has 0 unspecified atom stereocenters. The second-order valence-electron chi connectivity index (χ2n) is 32.2. The zero-order valence-electron chi connectivity index (χ0n) is 76.7. The number of hydrogen-bond acceptors (Lipinski definition) is 2. The minimum Gasteiger partial charge on any atom is -0.331 e. The smallest absolute Gasteiger partial charge is 0.106 e. The third kappa shape index (κ3) is 18.2. The topological polar surface area (TPSA) is 35.6 Å². The molecule has 12 aromatic carbocycles. The van der Waals surface area contributed by atoms with Crippen LogP contribution >= 0.6 is 0 Å². The van der Waals surface area contributed by atoms with Crippen LogP contribution in [0.25, 0.3) is 111 Å². The van der Waals surface area contributed by atoms with Crippen molar-refractivity contribution in [1.82, 2.24) is 19.1 Å². The first-order chi connectivity index (χ1) is 54.9. The van der Waals surface area contributed by atoms with Crippen LogP contribution < -0.4 is 0 Å². The van der Waals surface area contributed by atoms with Gasteiger partial charge in [0.2, 0.25) is 0 Å². The third-order valence-corrected chi connectivity index (χ3v) is 22.2. The average Bonchev–Trinajstić information content (AvgIpc) is 1.53. The van der Waals surface area contributed by atoms with Crippen molar-refractivity contribution < 1.29 is 9.60 Å². The van der Waals surface area contributed by atoms with Gasteiger partial charge in [0.1, 0.15) is 11.6 Å². The Kier molecular flexibility index (Phi) is 22.7. The van der Waals surface area contributed by atoms with Crippen LogP contribution in [0.2, 0.25) is 0 Å². The minimum atomic E-state index is -2.28. The number of rotatable bonds is 16. The molecule has 0 radical (unpaired) electrons.